The van der Waals surface area contributed by atoms with Crippen LogP contribution in [-0.2, 0) is 0 Å². The second-order valence-electron chi connectivity index (χ2n) is 7.27. The Labute approximate surface area is 150 Å². The average molecular weight is 312 g/mol. The van der Waals surface area contributed by atoms with Crippen LogP contribution >= 0.6 is 7.92 Å². The molecule has 0 bridgehead atoms. The van der Waals surface area contributed by atoms with E-state index in [0.717, 1.165) is 6.42 Å². The van der Waals surface area contributed by atoms with Crippen molar-refractivity contribution in [3.8, 4) is 0 Å². The van der Waals surface area contributed by atoms with Crippen LogP contribution in [-0.4, -0.2) is 17.7 Å². The van der Waals surface area contributed by atoms with Gasteiger partial charge < -0.3 is 0 Å². The van der Waals surface area contributed by atoms with E-state index in [0.29, 0.717) is 0 Å². The van der Waals surface area contributed by atoms with E-state index >= 15 is 0 Å². The van der Waals surface area contributed by atoms with Gasteiger partial charge in [-0.1, -0.05) is 0 Å². The third-order valence-corrected chi connectivity index (χ3v) is 7.06. The van der Waals surface area contributed by atoms with Crippen LogP contribution in [0.25, 0.3) is 0 Å². The molecule has 112 valence electrons. The fourth-order valence-electron chi connectivity index (χ4n) is 3.03. The number of hydrogen-bond donors (Lipinski definition) is 0. The second kappa shape index (κ2) is 6.82. The molecule has 0 unspecified atom stereocenters. The monoisotopic (exact) mass is 312 g/mol. The summed E-state index contributed by atoms with van der Waals surface area (Å²) in [5.74, 6) is 0. The van der Waals surface area contributed by atoms with Crippen LogP contribution < -0.4 is 10.6 Å². The summed E-state index contributed by atoms with van der Waals surface area (Å²) in [4.78, 5) is 0. The first-order valence-electron chi connectivity index (χ1n) is 8.28. The summed E-state index contributed by atoms with van der Waals surface area (Å²) in [6.45, 7) is 6.97. The molecule has 0 heterocycles. The fourth-order valence-corrected chi connectivity index (χ4v) is 5.57. The Morgan fingerprint density at radius 3 is 1.70 bits per heavy atom. The molecule has 0 nitrogen and oxygen atoms in total. The molecule has 0 amide bonds. The zero-order valence-electron chi connectivity index (χ0n) is 14.5. The van der Waals surface area contributed by atoms with Crippen molar-refractivity contribution in [3.05, 3.63) is 81.9 Å². The maximum absolute atomic E-state index is 2.49. The molecule has 2 aromatic rings. The van der Waals surface area contributed by atoms with Gasteiger partial charge in [0.25, 0.3) is 0 Å². The minimum absolute atomic E-state index is 0.247. The Balaban J connectivity index is 2.10. The molecule has 0 N–H and O–H groups in total. The van der Waals surface area contributed by atoms with Gasteiger partial charge in [0.1, 0.15) is 0 Å². The zero-order chi connectivity index (χ0) is 16.4. The molecule has 0 saturated carbocycles. The van der Waals surface area contributed by atoms with E-state index in [1.165, 1.54) is 14.9 Å². The van der Waals surface area contributed by atoms with Gasteiger partial charge in [-0.05, 0) is 0 Å². The zero-order valence-corrected chi connectivity index (χ0v) is 15.4. The van der Waals surface area contributed by atoms with Gasteiger partial charge in [0.2, 0.25) is 0 Å². The van der Waals surface area contributed by atoms with Crippen LogP contribution in [0.15, 0.2) is 81.9 Å². The van der Waals surface area contributed by atoms with Crippen molar-refractivity contribution >= 4 is 36.2 Å². The molecule has 0 saturated heterocycles. The van der Waals surface area contributed by atoms with Crippen molar-refractivity contribution in [2.75, 3.05) is 0 Å². The van der Waals surface area contributed by atoms with E-state index in [-0.39, 0.29) is 5.41 Å². The Morgan fingerprint density at radius 1 is 0.826 bits per heavy atom. The Kier molecular flexibility index (Phi) is 4.98. The molecule has 0 atom stereocenters. The molecule has 0 aromatic heterocycles. The number of hydrogen-bond acceptors (Lipinski definition) is 0. The number of rotatable bonds is 3. The van der Waals surface area contributed by atoms with Crippen LogP contribution in [0.4, 0.5) is 0 Å². The SMILES string of the molecule is [Li][C]1=C(P(c2ccccc2)c2ccccc2)C=C(C(C)(C)C)C1. The molecule has 0 spiro atoms. The molecule has 1 aliphatic rings. The Hall–Kier alpha value is -1.05. The third-order valence-electron chi connectivity index (χ3n) is 4.44. The standard InChI is InChI=1S/C21H22P.Li/c1-21(2,3)17-14-15-20(16-17)22(18-10-6-4-7-11-18)19-12-8-5-9-13-19;/h4-13,16H,14H2,1-3H3;. The van der Waals surface area contributed by atoms with Crippen LogP contribution in [0.5, 0.6) is 0 Å². The maximum atomic E-state index is 2.49. The van der Waals surface area contributed by atoms with Gasteiger partial charge >= 0.3 is 151 Å². The first-order valence-corrected chi connectivity index (χ1v) is 9.62. The van der Waals surface area contributed by atoms with Gasteiger partial charge in [0.05, 0.1) is 0 Å². The molecule has 0 fully saturated rings. The topological polar surface area (TPSA) is 0 Å². The number of allylic oxidation sites excluding steroid dienone is 4. The van der Waals surface area contributed by atoms with E-state index < -0.39 is 7.92 Å². The summed E-state index contributed by atoms with van der Waals surface area (Å²) in [7, 11) is -0.462. The van der Waals surface area contributed by atoms with Gasteiger partial charge in [-0.2, -0.15) is 0 Å². The van der Waals surface area contributed by atoms with Crippen molar-refractivity contribution in [2.45, 2.75) is 27.2 Å². The molecular weight excluding hydrogens is 290 g/mol. The molecule has 23 heavy (non-hydrogen) atoms. The van der Waals surface area contributed by atoms with Gasteiger partial charge in [-0.25, -0.2) is 0 Å². The van der Waals surface area contributed by atoms with Crippen LogP contribution in [0.3, 0.4) is 0 Å². The average Bonchev–Trinajstić information content (AvgIpc) is 2.92. The van der Waals surface area contributed by atoms with Crippen LogP contribution in [0, 0.1) is 5.41 Å². The molecule has 0 radical (unpaired) electrons. The number of benzene rings is 2. The van der Waals surface area contributed by atoms with Gasteiger partial charge in [-0.3, -0.25) is 0 Å². The van der Waals surface area contributed by atoms with E-state index in [9.17, 15) is 0 Å². The minimum atomic E-state index is -0.462. The van der Waals surface area contributed by atoms with Crippen molar-refractivity contribution in [1.29, 1.82) is 0 Å². The Morgan fingerprint density at radius 2 is 1.30 bits per heavy atom. The van der Waals surface area contributed by atoms with Crippen LogP contribution in [0.2, 0.25) is 0 Å². The van der Waals surface area contributed by atoms with E-state index in [1.807, 2.05) is 0 Å². The van der Waals surface area contributed by atoms with Gasteiger partial charge in [0, 0.05) is 0 Å². The van der Waals surface area contributed by atoms with Gasteiger partial charge in [-0.15, -0.1) is 0 Å². The molecule has 1 aliphatic carbocycles. The van der Waals surface area contributed by atoms with Crippen molar-refractivity contribution in [1.82, 2.24) is 0 Å². The predicted octanol–water partition coefficient (Wildman–Crippen LogP) is 4.88. The normalized spacial score (nSPS) is 15.3. The van der Waals surface area contributed by atoms with E-state index in [1.54, 1.807) is 10.9 Å². The fraction of sp³-hybridized carbons (Fsp3) is 0.238. The van der Waals surface area contributed by atoms with Crippen molar-refractivity contribution < 1.29 is 0 Å². The molecule has 0 aliphatic heterocycles. The van der Waals surface area contributed by atoms with Crippen molar-refractivity contribution in [3.63, 3.8) is 0 Å². The molecule has 2 aromatic carbocycles. The first-order chi connectivity index (χ1) is 11.0. The summed E-state index contributed by atoms with van der Waals surface area (Å²) in [6.07, 6.45) is 3.61. The summed E-state index contributed by atoms with van der Waals surface area (Å²) < 4.78 is 1.54. The van der Waals surface area contributed by atoms with E-state index in [2.05, 4.69) is 105 Å². The molecule has 2 heteroatoms. The van der Waals surface area contributed by atoms with Gasteiger partial charge in [0.15, 0.2) is 0 Å². The van der Waals surface area contributed by atoms with Crippen molar-refractivity contribution in [2.24, 2.45) is 5.41 Å². The summed E-state index contributed by atoms with van der Waals surface area (Å²) >= 11 is 2.31. The van der Waals surface area contributed by atoms with Crippen LogP contribution in [0.1, 0.15) is 27.2 Å². The third kappa shape index (κ3) is 3.72. The predicted molar refractivity (Wildman–Crippen MR) is 104 cm³/mol. The summed E-state index contributed by atoms with van der Waals surface area (Å²) in [6, 6.07) is 22.0. The second-order valence-corrected chi connectivity index (χ2v) is 9.45. The summed E-state index contributed by atoms with van der Waals surface area (Å²) in [5.41, 5.74) is 1.81. The molecular formula is C21H22LiP. The van der Waals surface area contributed by atoms with E-state index in [4.69, 9.17) is 0 Å². The Bertz CT molecular complexity index is 697. The quantitative estimate of drug-likeness (QED) is 0.560. The first kappa shape index (κ1) is 16.8. The molecule has 3 rings (SSSR count). The summed E-state index contributed by atoms with van der Waals surface area (Å²) in [5, 5.41) is 4.42.